The summed E-state index contributed by atoms with van der Waals surface area (Å²) in [5.41, 5.74) is 9.55. The van der Waals surface area contributed by atoms with Gasteiger partial charge in [0.1, 0.15) is 12.1 Å². The summed E-state index contributed by atoms with van der Waals surface area (Å²) in [5.74, 6) is -3.02. The third-order valence-corrected chi connectivity index (χ3v) is 5.04. The maximum atomic E-state index is 12.9. The van der Waals surface area contributed by atoms with Crippen molar-refractivity contribution in [3.05, 3.63) is 64.2 Å². The number of hydrogen-bond acceptors (Lipinski definition) is 5. The second-order valence-corrected chi connectivity index (χ2v) is 7.47. The van der Waals surface area contributed by atoms with Crippen LogP contribution in [0.15, 0.2) is 42.5 Å². The van der Waals surface area contributed by atoms with E-state index in [9.17, 15) is 24.0 Å². The van der Waals surface area contributed by atoms with Gasteiger partial charge in [-0.3, -0.25) is 24.1 Å². The number of rotatable bonds is 6. The molecule has 0 aromatic heterocycles. The topological polar surface area (TPSA) is 165 Å². The summed E-state index contributed by atoms with van der Waals surface area (Å²) in [7, 11) is 0. The number of primary amides is 2. The molecular weight excluding hydrogens is 426 g/mol. The van der Waals surface area contributed by atoms with Crippen molar-refractivity contribution in [2.75, 3.05) is 11.9 Å². The SMILES string of the molecule is CC1(c2ccc(Cl)cc2)NC(=O)N(CC(=O)Nc2cc(C(N)=O)cc(C(N)=O)c2)C1=O. The highest BCUT2D eigenvalue weighted by molar-refractivity contribution is 6.30. The van der Waals surface area contributed by atoms with Gasteiger partial charge in [-0.25, -0.2) is 4.79 Å². The molecule has 2 aromatic rings. The standard InChI is InChI=1S/C20H18ClN5O5/c1-20(12-2-4-13(21)5-3-12)18(30)26(19(31)25-20)9-15(27)24-14-7-10(16(22)28)6-11(8-14)17(23)29/h2-8H,9H2,1H3,(H2,22,28)(H2,23,29)(H,24,27)(H,25,31). The van der Waals surface area contributed by atoms with Gasteiger partial charge < -0.3 is 22.1 Å². The van der Waals surface area contributed by atoms with Crippen LogP contribution in [0.4, 0.5) is 10.5 Å². The fourth-order valence-electron chi connectivity index (χ4n) is 3.15. The van der Waals surface area contributed by atoms with Gasteiger partial charge in [0.2, 0.25) is 17.7 Å². The molecule has 1 heterocycles. The van der Waals surface area contributed by atoms with E-state index in [1.54, 1.807) is 24.3 Å². The molecule has 1 saturated heterocycles. The Hall–Kier alpha value is -3.92. The van der Waals surface area contributed by atoms with E-state index >= 15 is 0 Å². The lowest BCUT2D eigenvalue weighted by atomic mass is 9.92. The number of anilines is 1. The molecule has 6 N–H and O–H groups in total. The number of nitrogens with two attached hydrogens (primary N) is 2. The van der Waals surface area contributed by atoms with Crippen LogP contribution in [0.2, 0.25) is 5.02 Å². The molecule has 0 saturated carbocycles. The number of carbonyl (C=O) groups excluding carboxylic acids is 5. The van der Waals surface area contributed by atoms with Crippen molar-refractivity contribution in [3.8, 4) is 0 Å². The minimum Gasteiger partial charge on any atom is -0.366 e. The first-order valence-electron chi connectivity index (χ1n) is 8.96. The Labute approximate surface area is 181 Å². The highest BCUT2D eigenvalue weighted by Gasteiger charge is 2.49. The summed E-state index contributed by atoms with van der Waals surface area (Å²) in [6.45, 7) is 0.921. The van der Waals surface area contributed by atoms with E-state index in [-0.39, 0.29) is 16.8 Å². The molecule has 3 rings (SSSR count). The van der Waals surface area contributed by atoms with Gasteiger partial charge in [-0.05, 0) is 42.8 Å². The second-order valence-electron chi connectivity index (χ2n) is 7.03. The van der Waals surface area contributed by atoms with Gasteiger partial charge in [0.15, 0.2) is 0 Å². The summed E-state index contributed by atoms with van der Waals surface area (Å²) < 4.78 is 0. The van der Waals surface area contributed by atoms with Crippen molar-refractivity contribution in [2.45, 2.75) is 12.5 Å². The third kappa shape index (κ3) is 4.33. The third-order valence-electron chi connectivity index (χ3n) is 4.78. The number of amides is 6. The Balaban J connectivity index is 1.79. The highest BCUT2D eigenvalue weighted by atomic mass is 35.5. The number of benzene rings is 2. The lowest BCUT2D eigenvalue weighted by molar-refractivity contribution is -0.133. The van der Waals surface area contributed by atoms with Gasteiger partial charge >= 0.3 is 6.03 Å². The van der Waals surface area contributed by atoms with Gasteiger partial charge in [0, 0.05) is 21.8 Å². The predicted molar refractivity (Wildman–Crippen MR) is 111 cm³/mol. The number of hydrogen-bond donors (Lipinski definition) is 4. The lowest BCUT2D eigenvalue weighted by Crippen LogP contribution is -2.42. The maximum Gasteiger partial charge on any atom is 0.325 e. The van der Waals surface area contributed by atoms with Crippen LogP contribution in [0.1, 0.15) is 33.2 Å². The van der Waals surface area contributed by atoms with E-state index in [0.717, 1.165) is 4.90 Å². The van der Waals surface area contributed by atoms with Gasteiger partial charge in [-0.1, -0.05) is 23.7 Å². The number of carbonyl (C=O) groups is 5. The minimum atomic E-state index is -1.37. The van der Waals surface area contributed by atoms with Crippen molar-refractivity contribution in [3.63, 3.8) is 0 Å². The summed E-state index contributed by atoms with van der Waals surface area (Å²) in [5, 5.41) is 5.47. The smallest absolute Gasteiger partial charge is 0.325 e. The molecule has 2 aromatic carbocycles. The second kappa shape index (κ2) is 8.07. The maximum absolute atomic E-state index is 12.9. The molecule has 0 bridgehead atoms. The molecule has 1 atom stereocenters. The predicted octanol–water partition coefficient (Wildman–Crippen LogP) is 0.943. The van der Waals surface area contributed by atoms with Crippen LogP contribution in [0, 0.1) is 0 Å². The molecule has 160 valence electrons. The van der Waals surface area contributed by atoms with Crippen molar-refractivity contribution in [2.24, 2.45) is 11.5 Å². The monoisotopic (exact) mass is 443 g/mol. The number of nitrogens with zero attached hydrogens (tertiary/aromatic N) is 1. The van der Waals surface area contributed by atoms with E-state index in [1.807, 2.05) is 0 Å². The molecule has 0 aliphatic carbocycles. The van der Waals surface area contributed by atoms with Gasteiger partial charge in [-0.15, -0.1) is 0 Å². The van der Waals surface area contributed by atoms with Crippen molar-refractivity contribution in [1.82, 2.24) is 10.2 Å². The summed E-state index contributed by atoms with van der Waals surface area (Å²) in [6.07, 6.45) is 0. The zero-order valence-corrected chi connectivity index (χ0v) is 17.0. The van der Waals surface area contributed by atoms with E-state index in [4.69, 9.17) is 23.1 Å². The van der Waals surface area contributed by atoms with Crippen molar-refractivity contribution in [1.29, 1.82) is 0 Å². The van der Waals surface area contributed by atoms with Crippen LogP contribution < -0.4 is 22.1 Å². The molecule has 10 nitrogen and oxygen atoms in total. The van der Waals surface area contributed by atoms with Crippen LogP contribution in [0.3, 0.4) is 0 Å². The van der Waals surface area contributed by atoms with Crippen LogP contribution in [0.5, 0.6) is 0 Å². The number of urea groups is 1. The largest absolute Gasteiger partial charge is 0.366 e. The van der Waals surface area contributed by atoms with E-state index in [2.05, 4.69) is 10.6 Å². The molecule has 1 unspecified atom stereocenters. The van der Waals surface area contributed by atoms with Crippen molar-refractivity contribution >= 4 is 46.9 Å². The van der Waals surface area contributed by atoms with Crippen LogP contribution in [-0.4, -0.2) is 41.1 Å². The fraction of sp³-hybridized carbons (Fsp3) is 0.150. The van der Waals surface area contributed by atoms with Gasteiger partial charge in [-0.2, -0.15) is 0 Å². The van der Waals surface area contributed by atoms with Crippen LogP contribution in [0.25, 0.3) is 0 Å². The van der Waals surface area contributed by atoms with Gasteiger partial charge in [0.05, 0.1) is 0 Å². The zero-order valence-electron chi connectivity index (χ0n) is 16.3. The molecule has 0 spiro atoms. The molecule has 11 heteroatoms. The Morgan fingerprint density at radius 2 is 1.58 bits per heavy atom. The van der Waals surface area contributed by atoms with Gasteiger partial charge in [0.25, 0.3) is 5.91 Å². The Morgan fingerprint density at radius 1 is 1.03 bits per heavy atom. The first-order valence-corrected chi connectivity index (χ1v) is 9.34. The number of halogens is 1. The minimum absolute atomic E-state index is 0.0445. The molecule has 31 heavy (non-hydrogen) atoms. The van der Waals surface area contributed by atoms with Crippen LogP contribution in [-0.2, 0) is 15.1 Å². The van der Waals surface area contributed by atoms with E-state index < -0.39 is 41.7 Å². The van der Waals surface area contributed by atoms with Crippen molar-refractivity contribution < 1.29 is 24.0 Å². The molecule has 6 amide bonds. The van der Waals surface area contributed by atoms with Crippen LogP contribution >= 0.6 is 11.6 Å². The highest BCUT2D eigenvalue weighted by Crippen LogP contribution is 2.29. The molecule has 1 aliphatic heterocycles. The molecule has 0 radical (unpaired) electrons. The van der Waals surface area contributed by atoms with E-state index in [1.165, 1.54) is 25.1 Å². The normalized spacial score (nSPS) is 17.9. The number of imide groups is 1. The number of nitrogens with one attached hydrogen (secondary N) is 2. The average molecular weight is 444 g/mol. The summed E-state index contributed by atoms with van der Waals surface area (Å²) in [6, 6.07) is 9.30. The fourth-order valence-corrected chi connectivity index (χ4v) is 3.27. The Morgan fingerprint density at radius 3 is 2.10 bits per heavy atom. The Bertz CT molecular complexity index is 1090. The molecule has 1 fully saturated rings. The summed E-state index contributed by atoms with van der Waals surface area (Å²) >= 11 is 5.87. The first kappa shape index (κ1) is 21.8. The summed E-state index contributed by atoms with van der Waals surface area (Å²) in [4.78, 5) is 61.4. The quantitative estimate of drug-likeness (QED) is 0.487. The Kier molecular flexibility index (Phi) is 5.67. The molecular formula is C20H18ClN5O5. The molecule has 1 aliphatic rings. The average Bonchev–Trinajstić information content (AvgIpc) is 2.92. The zero-order chi connectivity index (χ0) is 22.9. The lowest BCUT2D eigenvalue weighted by Gasteiger charge is -2.22. The van der Waals surface area contributed by atoms with E-state index in [0.29, 0.717) is 10.6 Å². The first-order chi connectivity index (χ1) is 14.5.